The maximum Gasteiger partial charge on any atom is 0.394 e. The van der Waals surface area contributed by atoms with E-state index < -0.39 is 11.9 Å². The number of carbonyl (C=O) groups excluding carboxylic acids is 1. The Hall–Kier alpha value is -1.40. The number of amides is 1. The van der Waals surface area contributed by atoms with Crippen molar-refractivity contribution < 1.29 is 14.7 Å². The highest BCUT2D eigenvalue weighted by Crippen LogP contribution is 2.11. The van der Waals surface area contributed by atoms with Gasteiger partial charge in [-0.3, -0.25) is 9.69 Å². The van der Waals surface area contributed by atoms with Crippen LogP contribution >= 0.6 is 11.3 Å². The second kappa shape index (κ2) is 5.97. The quantitative estimate of drug-likeness (QED) is 0.812. The lowest BCUT2D eigenvalue weighted by atomic mass is 10.2. The Kier molecular flexibility index (Phi) is 4.33. The number of thiophene rings is 1. The third kappa shape index (κ3) is 3.30. The minimum Gasteiger partial charge on any atom is -0.474 e. The Morgan fingerprint density at radius 3 is 2.56 bits per heavy atom. The van der Waals surface area contributed by atoms with Crippen molar-refractivity contribution in [2.45, 2.75) is 6.42 Å². The predicted octanol–water partition coefficient (Wildman–Crippen LogP) is 0.519. The number of nitrogens with zero attached hydrogens (tertiary/aromatic N) is 2. The van der Waals surface area contributed by atoms with Crippen LogP contribution in [-0.4, -0.2) is 59.5 Å². The molecule has 1 saturated heterocycles. The molecule has 1 aliphatic rings. The van der Waals surface area contributed by atoms with E-state index >= 15 is 0 Å². The van der Waals surface area contributed by atoms with Gasteiger partial charge in [0.2, 0.25) is 0 Å². The fraction of sp³-hybridized carbons (Fsp3) is 0.500. The van der Waals surface area contributed by atoms with Crippen molar-refractivity contribution in [2.75, 3.05) is 32.7 Å². The molecule has 1 aromatic rings. The number of carbonyl (C=O) groups is 2. The predicted molar refractivity (Wildman–Crippen MR) is 68.7 cm³/mol. The van der Waals surface area contributed by atoms with Crippen LogP contribution in [0.3, 0.4) is 0 Å². The molecule has 2 rings (SSSR count). The standard InChI is InChI=1S/C12H16N2O3S/c15-11(12(16)17)14-7-5-13(6-8-14)4-3-10-2-1-9-18-10/h1-2,9H,3-8H2,(H,16,17). The number of hydrogen-bond acceptors (Lipinski definition) is 4. The van der Waals surface area contributed by atoms with Crippen LogP contribution in [0.5, 0.6) is 0 Å². The summed E-state index contributed by atoms with van der Waals surface area (Å²) in [4.78, 5) is 26.9. The molecule has 18 heavy (non-hydrogen) atoms. The molecule has 0 saturated carbocycles. The Balaban J connectivity index is 1.73. The number of hydrogen-bond donors (Lipinski definition) is 1. The average molecular weight is 268 g/mol. The number of rotatable bonds is 3. The number of piperazine rings is 1. The van der Waals surface area contributed by atoms with Gasteiger partial charge in [-0.2, -0.15) is 0 Å². The van der Waals surface area contributed by atoms with Gasteiger partial charge in [0.15, 0.2) is 0 Å². The highest BCUT2D eigenvalue weighted by atomic mass is 32.1. The van der Waals surface area contributed by atoms with Gasteiger partial charge in [0.25, 0.3) is 0 Å². The zero-order valence-corrected chi connectivity index (χ0v) is 10.9. The molecule has 1 N–H and O–H groups in total. The van der Waals surface area contributed by atoms with Crippen LogP contribution in [0.25, 0.3) is 0 Å². The van der Waals surface area contributed by atoms with Gasteiger partial charge in [-0.05, 0) is 17.9 Å². The first-order valence-electron chi connectivity index (χ1n) is 5.94. The van der Waals surface area contributed by atoms with E-state index in [4.69, 9.17) is 5.11 Å². The number of carboxylic acids is 1. The van der Waals surface area contributed by atoms with Gasteiger partial charge in [-0.1, -0.05) is 6.07 Å². The lowest BCUT2D eigenvalue weighted by Crippen LogP contribution is -2.50. The van der Waals surface area contributed by atoms with Crippen LogP contribution < -0.4 is 0 Å². The first kappa shape index (κ1) is 13.0. The zero-order valence-electron chi connectivity index (χ0n) is 10.0. The summed E-state index contributed by atoms with van der Waals surface area (Å²) in [5.74, 6) is -2.14. The topological polar surface area (TPSA) is 60.9 Å². The van der Waals surface area contributed by atoms with E-state index in [1.165, 1.54) is 9.78 Å². The summed E-state index contributed by atoms with van der Waals surface area (Å²) in [5.41, 5.74) is 0. The van der Waals surface area contributed by atoms with Gasteiger partial charge in [0.05, 0.1) is 0 Å². The van der Waals surface area contributed by atoms with E-state index in [-0.39, 0.29) is 0 Å². The second-order valence-corrected chi connectivity index (χ2v) is 5.30. The minimum absolute atomic E-state index is 0.509. The molecule has 5 nitrogen and oxygen atoms in total. The van der Waals surface area contributed by atoms with Crippen molar-refractivity contribution in [1.29, 1.82) is 0 Å². The maximum atomic E-state index is 11.3. The van der Waals surface area contributed by atoms with Crippen LogP contribution in [0.15, 0.2) is 17.5 Å². The van der Waals surface area contributed by atoms with E-state index in [2.05, 4.69) is 16.3 Å². The molecule has 1 fully saturated rings. The van der Waals surface area contributed by atoms with Crippen LogP contribution in [0.2, 0.25) is 0 Å². The summed E-state index contributed by atoms with van der Waals surface area (Å²) >= 11 is 1.75. The van der Waals surface area contributed by atoms with Crippen molar-refractivity contribution in [3.05, 3.63) is 22.4 Å². The highest BCUT2D eigenvalue weighted by molar-refractivity contribution is 7.09. The molecule has 0 radical (unpaired) electrons. The van der Waals surface area contributed by atoms with Crippen LogP contribution in [0, 0.1) is 0 Å². The van der Waals surface area contributed by atoms with Crippen LogP contribution in [-0.2, 0) is 16.0 Å². The fourth-order valence-electron chi connectivity index (χ4n) is 2.03. The Labute approximate surface area is 110 Å². The first-order valence-corrected chi connectivity index (χ1v) is 6.81. The third-order valence-electron chi connectivity index (χ3n) is 3.10. The molecule has 0 aromatic carbocycles. The molecular weight excluding hydrogens is 252 g/mol. The van der Waals surface area contributed by atoms with Crippen molar-refractivity contribution in [2.24, 2.45) is 0 Å². The molecule has 0 unspecified atom stereocenters. The largest absolute Gasteiger partial charge is 0.474 e. The van der Waals surface area contributed by atoms with Gasteiger partial charge in [0, 0.05) is 37.6 Å². The van der Waals surface area contributed by atoms with Crippen molar-refractivity contribution in [1.82, 2.24) is 9.80 Å². The monoisotopic (exact) mass is 268 g/mol. The second-order valence-electron chi connectivity index (χ2n) is 4.27. The fourth-order valence-corrected chi connectivity index (χ4v) is 2.73. The van der Waals surface area contributed by atoms with Crippen molar-refractivity contribution in [3.63, 3.8) is 0 Å². The Morgan fingerprint density at radius 1 is 1.28 bits per heavy atom. The third-order valence-corrected chi connectivity index (χ3v) is 4.03. The summed E-state index contributed by atoms with van der Waals surface area (Å²) in [7, 11) is 0. The Morgan fingerprint density at radius 2 is 2.00 bits per heavy atom. The molecule has 0 bridgehead atoms. The van der Waals surface area contributed by atoms with E-state index in [9.17, 15) is 9.59 Å². The van der Waals surface area contributed by atoms with Crippen molar-refractivity contribution >= 4 is 23.2 Å². The summed E-state index contributed by atoms with van der Waals surface area (Å²) in [6, 6.07) is 4.17. The van der Waals surface area contributed by atoms with Crippen LogP contribution in [0.4, 0.5) is 0 Å². The Bertz CT molecular complexity index is 411. The molecule has 0 aliphatic carbocycles. The lowest BCUT2D eigenvalue weighted by molar-refractivity contribution is -0.156. The molecule has 0 spiro atoms. The SMILES string of the molecule is O=C(O)C(=O)N1CCN(CCc2cccs2)CC1. The lowest BCUT2D eigenvalue weighted by Gasteiger charge is -2.33. The van der Waals surface area contributed by atoms with E-state index in [0.29, 0.717) is 13.1 Å². The maximum absolute atomic E-state index is 11.3. The highest BCUT2D eigenvalue weighted by Gasteiger charge is 2.25. The molecular formula is C12H16N2O3S. The van der Waals surface area contributed by atoms with E-state index in [1.807, 2.05) is 6.07 Å². The van der Waals surface area contributed by atoms with Gasteiger partial charge < -0.3 is 10.0 Å². The normalized spacial score (nSPS) is 16.8. The average Bonchev–Trinajstić information content (AvgIpc) is 2.89. The zero-order chi connectivity index (χ0) is 13.0. The summed E-state index contributed by atoms with van der Waals surface area (Å²) in [6.07, 6.45) is 1.02. The molecule has 98 valence electrons. The van der Waals surface area contributed by atoms with Gasteiger partial charge in [0.1, 0.15) is 0 Å². The first-order chi connectivity index (χ1) is 8.66. The van der Waals surface area contributed by atoms with E-state index in [0.717, 1.165) is 26.1 Å². The number of aliphatic carboxylic acids is 1. The van der Waals surface area contributed by atoms with Gasteiger partial charge >= 0.3 is 11.9 Å². The molecule has 2 heterocycles. The molecule has 1 amide bonds. The van der Waals surface area contributed by atoms with Crippen LogP contribution in [0.1, 0.15) is 4.88 Å². The smallest absolute Gasteiger partial charge is 0.394 e. The molecule has 6 heteroatoms. The summed E-state index contributed by atoms with van der Waals surface area (Å²) < 4.78 is 0. The minimum atomic E-state index is -1.36. The van der Waals surface area contributed by atoms with Gasteiger partial charge in [-0.25, -0.2) is 4.79 Å². The molecule has 1 aromatic heterocycles. The molecule has 1 aliphatic heterocycles. The summed E-state index contributed by atoms with van der Waals surface area (Å²) in [6.45, 7) is 3.50. The number of carboxylic acid groups (broad SMARTS) is 1. The van der Waals surface area contributed by atoms with E-state index in [1.54, 1.807) is 11.3 Å². The molecule has 0 atom stereocenters. The summed E-state index contributed by atoms with van der Waals surface area (Å²) in [5, 5.41) is 10.7. The van der Waals surface area contributed by atoms with Gasteiger partial charge in [-0.15, -0.1) is 11.3 Å². The van der Waals surface area contributed by atoms with Crippen molar-refractivity contribution in [3.8, 4) is 0 Å².